The molecule has 0 aromatic heterocycles. The molecule has 0 heterocycles. The molecule has 0 fully saturated rings. The third-order valence-corrected chi connectivity index (χ3v) is 6.76. The number of carboxylic acid groups (broad SMARTS) is 1. The van der Waals surface area contributed by atoms with Crippen LogP contribution in [0, 0.1) is 0 Å². The molecule has 0 spiro atoms. The van der Waals surface area contributed by atoms with Gasteiger partial charge in [-0.1, -0.05) is 54.6 Å². The van der Waals surface area contributed by atoms with E-state index in [4.69, 9.17) is 9.90 Å². The Morgan fingerprint density at radius 3 is 1.31 bits per heavy atom. The predicted molar refractivity (Wildman–Crippen MR) is 135 cm³/mol. The lowest BCUT2D eigenvalue weighted by atomic mass is 10.4. The van der Waals surface area contributed by atoms with Gasteiger partial charge in [0.05, 0.1) is 7.92 Å². The Bertz CT molecular complexity index is 805. The molecule has 0 saturated carbocycles. The number of likely N-dealkylation sites (N-methyl/N-ethyl adjacent to an activating group) is 1. The molecule has 0 aliphatic heterocycles. The normalized spacial score (nSPS) is 9.81. The maximum Gasteiger partial charge on any atom is 0.302 e. The molecule has 0 unspecified atom stereocenters. The third kappa shape index (κ3) is 12.0. The summed E-state index contributed by atoms with van der Waals surface area (Å²) < 4.78 is 4.67. The molecule has 3 aromatic carbocycles. The van der Waals surface area contributed by atoms with Gasteiger partial charge in [-0.05, 0) is 50.5 Å². The van der Waals surface area contributed by atoms with Crippen molar-refractivity contribution in [2.24, 2.45) is 0 Å². The number of benzene rings is 3. The van der Waals surface area contributed by atoms with Crippen molar-refractivity contribution in [3.8, 4) is 0 Å². The number of hydrogen-bond donors (Lipinski definition) is 1. The molecule has 0 radical (unpaired) electrons. The minimum Gasteiger partial charge on any atom is -0.481 e. The van der Waals surface area contributed by atoms with Crippen molar-refractivity contribution in [2.45, 2.75) is 13.8 Å². The molecule has 0 amide bonds. The molecule has 0 aliphatic rings. The van der Waals surface area contributed by atoms with Crippen molar-refractivity contribution < 1.29 is 19.4 Å². The molecular formula is C26H33NO4P+. The van der Waals surface area contributed by atoms with Gasteiger partial charge in [-0.3, -0.25) is 9.59 Å². The van der Waals surface area contributed by atoms with Crippen LogP contribution < -0.4 is 15.9 Å². The van der Waals surface area contributed by atoms with Crippen LogP contribution in [-0.4, -0.2) is 49.2 Å². The minimum absolute atomic E-state index is 0.211. The van der Waals surface area contributed by atoms with Gasteiger partial charge in [-0.15, -0.1) is 0 Å². The number of ether oxygens (including phenoxy) is 1. The second kappa shape index (κ2) is 15.7. The number of carboxylic acids is 1. The zero-order chi connectivity index (χ0) is 23.8. The maximum absolute atomic E-state index is 10.2. The Morgan fingerprint density at radius 1 is 0.750 bits per heavy atom. The topological polar surface area (TPSA) is 66.8 Å². The average Bonchev–Trinajstić information content (AvgIpc) is 2.76. The second-order valence-corrected chi connectivity index (χ2v) is 9.62. The molecule has 5 nitrogen and oxygen atoms in total. The fourth-order valence-electron chi connectivity index (χ4n) is 2.69. The summed E-state index contributed by atoms with van der Waals surface area (Å²) in [5, 5.41) is 11.7. The number of aliphatic carboxylic acids is 1. The predicted octanol–water partition coefficient (Wildman–Crippen LogP) is 3.38. The van der Waals surface area contributed by atoms with E-state index >= 15 is 0 Å². The number of rotatable bonds is 6. The molecule has 6 heteroatoms. The SMILES string of the molecule is CC(=O)O.CC(=O)OCCN(C)C.c1ccc([PH+](c2ccccc2)c2ccccc2)cc1. The van der Waals surface area contributed by atoms with Crippen molar-refractivity contribution in [3.63, 3.8) is 0 Å². The van der Waals surface area contributed by atoms with Crippen LogP contribution in [0.3, 0.4) is 0 Å². The molecule has 3 aromatic rings. The molecule has 32 heavy (non-hydrogen) atoms. The monoisotopic (exact) mass is 454 g/mol. The summed E-state index contributed by atoms with van der Waals surface area (Å²) >= 11 is 0. The second-order valence-electron chi connectivity index (χ2n) is 7.14. The van der Waals surface area contributed by atoms with E-state index in [0.29, 0.717) is 6.61 Å². The van der Waals surface area contributed by atoms with Gasteiger partial charge in [0.1, 0.15) is 22.5 Å². The molecule has 0 saturated heterocycles. The van der Waals surface area contributed by atoms with Crippen LogP contribution in [0.25, 0.3) is 0 Å². The van der Waals surface area contributed by atoms with Crippen molar-refractivity contribution in [1.29, 1.82) is 0 Å². The highest BCUT2D eigenvalue weighted by Gasteiger charge is 2.24. The standard InChI is InChI=1S/C18H15P.C6H13NO2.C2H4O2/c1-4-10-16(11-5-1)19(17-12-6-2-7-13-17)18-14-8-3-9-15-18;1-6(8)9-5-4-7(2)3;1-2(3)4/h1-15H;4-5H2,1-3H3;1H3,(H,3,4)/p+1. The van der Waals surface area contributed by atoms with Crippen LogP contribution >= 0.6 is 7.92 Å². The molecule has 170 valence electrons. The summed E-state index contributed by atoms with van der Waals surface area (Å²) in [5.41, 5.74) is 0. The van der Waals surface area contributed by atoms with Gasteiger partial charge >= 0.3 is 5.97 Å². The van der Waals surface area contributed by atoms with Crippen LogP contribution in [0.1, 0.15) is 13.8 Å². The average molecular weight is 455 g/mol. The van der Waals surface area contributed by atoms with E-state index in [1.165, 1.54) is 22.8 Å². The van der Waals surface area contributed by atoms with Gasteiger partial charge in [-0.25, -0.2) is 0 Å². The lowest BCUT2D eigenvalue weighted by Crippen LogP contribution is -2.20. The lowest BCUT2D eigenvalue weighted by Gasteiger charge is -2.10. The maximum atomic E-state index is 10.2. The fourth-order valence-corrected chi connectivity index (χ4v) is 5.26. The van der Waals surface area contributed by atoms with E-state index in [0.717, 1.165) is 13.5 Å². The van der Waals surface area contributed by atoms with Gasteiger partial charge in [0.2, 0.25) is 0 Å². The highest BCUT2D eigenvalue weighted by atomic mass is 31.1. The molecule has 1 N–H and O–H groups in total. The molecular weight excluding hydrogens is 421 g/mol. The quantitative estimate of drug-likeness (QED) is 0.457. The van der Waals surface area contributed by atoms with E-state index in [1.807, 2.05) is 19.0 Å². The van der Waals surface area contributed by atoms with E-state index in [-0.39, 0.29) is 5.97 Å². The summed E-state index contributed by atoms with van der Waals surface area (Å²) in [6.07, 6.45) is 0. The highest BCUT2D eigenvalue weighted by molar-refractivity contribution is 7.79. The first-order valence-electron chi connectivity index (χ1n) is 10.3. The van der Waals surface area contributed by atoms with Crippen LogP contribution in [-0.2, 0) is 14.3 Å². The van der Waals surface area contributed by atoms with Crippen molar-refractivity contribution >= 4 is 35.8 Å². The number of carbonyl (C=O) groups is 2. The zero-order valence-corrected chi connectivity index (χ0v) is 20.2. The molecule has 0 aliphatic carbocycles. The first-order valence-corrected chi connectivity index (χ1v) is 11.8. The zero-order valence-electron chi connectivity index (χ0n) is 19.2. The van der Waals surface area contributed by atoms with Crippen LogP contribution in [0.2, 0.25) is 0 Å². The first kappa shape index (κ1) is 27.0. The van der Waals surface area contributed by atoms with Crippen molar-refractivity contribution in [3.05, 3.63) is 91.0 Å². The fraction of sp³-hybridized carbons (Fsp3) is 0.231. The van der Waals surface area contributed by atoms with Gasteiger partial charge in [0, 0.05) is 20.4 Å². The Kier molecular flexibility index (Phi) is 13.3. The summed E-state index contributed by atoms with van der Waals surface area (Å²) in [6.45, 7) is 3.78. The van der Waals surface area contributed by atoms with Gasteiger partial charge in [0.15, 0.2) is 0 Å². The molecule has 0 bridgehead atoms. The summed E-state index contributed by atoms with van der Waals surface area (Å²) in [4.78, 5) is 21.1. The lowest BCUT2D eigenvalue weighted by molar-refractivity contribution is -0.141. The van der Waals surface area contributed by atoms with Gasteiger partial charge < -0.3 is 14.7 Å². The van der Waals surface area contributed by atoms with Gasteiger partial charge in [0.25, 0.3) is 5.97 Å². The largest absolute Gasteiger partial charge is 0.481 e. The molecule has 0 atom stereocenters. The number of esters is 1. The minimum atomic E-state index is -0.877. The van der Waals surface area contributed by atoms with Crippen LogP contribution in [0.4, 0.5) is 0 Å². The highest BCUT2D eigenvalue weighted by Crippen LogP contribution is 2.32. The van der Waals surface area contributed by atoms with Crippen LogP contribution in [0.15, 0.2) is 91.0 Å². The third-order valence-electron chi connectivity index (χ3n) is 4.03. The Balaban J connectivity index is 0.000000331. The van der Waals surface area contributed by atoms with E-state index in [9.17, 15) is 4.79 Å². The summed E-state index contributed by atoms with van der Waals surface area (Å²) in [7, 11) is 2.99. The number of carbonyl (C=O) groups excluding carboxylic acids is 1. The smallest absolute Gasteiger partial charge is 0.302 e. The van der Waals surface area contributed by atoms with E-state index < -0.39 is 13.9 Å². The first-order chi connectivity index (χ1) is 15.3. The van der Waals surface area contributed by atoms with Gasteiger partial charge in [-0.2, -0.15) is 0 Å². The van der Waals surface area contributed by atoms with E-state index in [1.54, 1.807) is 0 Å². The number of hydrogen-bond acceptors (Lipinski definition) is 4. The Labute approximate surface area is 192 Å². The molecule has 3 rings (SSSR count). The van der Waals surface area contributed by atoms with Crippen molar-refractivity contribution in [2.75, 3.05) is 27.2 Å². The van der Waals surface area contributed by atoms with Crippen LogP contribution in [0.5, 0.6) is 0 Å². The Hall–Kier alpha value is -3.01. The summed E-state index contributed by atoms with van der Waals surface area (Å²) in [6, 6.07) is 32.5. The number of nitrogens with zero attached hydrogens (tertiary/aromatic N) is 1. The summed E-state index contributed by atoms with van der Waals surface area (Å²) in [5.74, 6) is -1.04. The van der Waals surface area contributed by atoms with Crippen molar-refractivity contribution in [1.82, 2.24) is 4.90 Å². The Morgan fingerprint density at radius 2 is 1.06 bits per heavy atom. The van der Waals surface area contributed by atoms with E-state index in [2.05, 4.69) is 95.7 Å².